The summed E-state index contributed by atoms with van der Waals surface area (Å²) in [6.45, 7) is 4.32. The smallest absolute Gasteiger partial charge is 0.265 e. The van der Waals surface area contributed by atoms with Gasteiger partial charge in [-0.2, -0.15) is 4.99 Å². The van der Waals surface area contributed by atoms with Crippen LogP contribution in [0, 0.1) is 13.8 Å². The molecule has 0 radical (unpaired) electrons. The summed E-state index contributed by atoms with van der Waals surface area (Å²) in [5.41, 5.74) is 7.87. The van der Waals surface area contributed by atoms with E-state index in [1.54, 1.807) is 24.3 Å². The van der Waals surface area contributed by atoms with Gasteiger partial charge in [-0.3, -0.25) is 9.59 Å². The summed E-state index contributed by atoms with van der Waals surface area (Å²) in [6.07, 6.45) is 0. The van der Waals surface area contributed by atoms with Gasteiger partial charge in [0.05, 0.1) is 12.2 Å². The van der Waals surface area contributed by atoms with Crippen molar-refractivity contribution in [3.05, 3.63) is 64.7 Å². The van der Waals surface area contributed by atoms with E-state index in [0.29, 0.717) is 17.8 Å². The van der Waals surface area contributed by atoms with E-state index in [1.165, 1.54) is 4.90 Å². The van der Waals surface area contributed by atoms with Crippen molar-refractivity contribution >= 4 is 34.4 Å². The fourth-order valence-corrected chi connectivity index (χ4v) is 4.63. The predicted octanol–water partition coefficient (Wildman–Crippen LogP) is 1.99. The summed E-state index contributed by atoms with van der Waals surface area (Å²) < 4.78 is 0. The van der Waals surface area contributed by atoms with Gasteiger partial charge in [-0.05, 0) is 31.0 Å². The molecule has 2 heterocycles. The quantitative estimate of drug-likeness (QED) is 0.848. The Labute approximate surface area is 161 Å². The van der Waals surface area contributed by atoms with Gasteiger partial charge in [0.1, 0.15) is 5.25 Å². The van der Waals surface area contributed by atoms with Crippen LogP contribution in [0.3, 0.4) is 0 Å². The molecule has 2 aromatic rings. The van der Waals surface area contributed by atoms with Crippen molar-refractivity contribution in [3.63, 3.8) is 0 Å². The molecule has 6 nitrogen and oxygen atoms in total. The first-order valence-electron chi connectivity index (χ1n) is 8.57. The van der Waals surface area contributed by atoms with Crippen molar-refractivity contribution in [2.75, 3.05) is 4.90 Å². The maximum absolute atomic E-state index is 13.3. The number of hydrogen-bond donors (Lipinski definition) is 2. The summed E-state index contributed by atoms with van der Waals surface area (Å²) >= 11 is 0.931. The Morgan fingerprint density at radius 3 is 2.63 bits per heavy atom. The zero-order valence-corrected chi connectivity index (χ0v) is 15.8. The van der Waals surface area contributed by atoms with Crippen LogP contribution in [0.25, 0.3) is 0 Å². The van der Waals surface area contributed by atoms with Gasteiger partial charge in [-0.15, -0.1) is 0 Å². The number of amidine groups is 1. The van der Waals surface area contributed by atoms with E-state index in [4.69, 9.17) is 5.73 Å². The summed E-state index contributed by atoms with van der Waals surface area (Å²) in [6, 6.07) is 13.0. The monoisotopic (exact) mass is 381 g/mol. The van der Waals surface area contributed by atoms with Crippen molar-refractivity contribution in [1.29, 1.82) is 0 Å². The lowest BCUT2D eigenvalue weighted by molar-refractivity contribution is -0.140. The van der Waals surface area contributed by atoms with Crippen LogP contribution >= 0.6 is 11.8 Å². The second kappa shape index (κ2) is 6.21. The van der Waals surface area contributed by atoms with Crippen LogP contribution in [0.15, 0.2) is 47.5 Å². The van der Waals surface area contributed by atoms with Gasteiger partial charge in [0.2, 0.25) is 0 Å². The Morgan fingerprint density at radius 2 is 1.96 bits per heavy atom. The van der Waals surface area contributed by atoms with Crippen molar-refractivity contribution in [1.82, 2.24) is 0 Å². The number of hydrogen-bond acceptors (Lipinski definition) is 5. The van der Waals surface area contributed by atoms with Gasteiger partial charge in [0.15, 0.2) is 10.8 Å². The highest BCUT2D eigenvalue weighted by molar-refractivity contribution is 8.15. The number of nitrogens with zero attached hydrogens (tertiary/aromatic N) is 2. The number of aliphatic imine (C=N–C) groups is 1. The Hall–Kier alpha value is -2.64. The van der Waals surface area contributed by atoms with Crippen LogP contribution in [0.1, 0.15) is 22.3 Å². The number of benzene rings is 2. The highest BCUT2D eigenvalue weighted by atomic mass is 32.2. The topological polar surface area (TPSA) is 96.0 Å². The second-order valence-corrected chi connectivity index (χ2v) is 8.02. The molecule has 138 valence electrons. The molecule has 0 bridgehead atoms. The number of aliphatic hydroxyl groups is 1. The van der Waals surface area contributed by atoms with Gasteiger partial charge in [0.25, 0.3) is 11.8 Å². The summed E-state index contributed by atoms with van der Waals surface area (Å²) in [4.78, 5) is 30.8. The summed E-state index contributed by atoms with van der Waals surface area (Å²) in [5.74, 6) is -1.11. The molecule has 0 saturated heterocycles. The first kappa shape index (κ1) is 17.8. The molecule has 0 spiro atoms. The van der Waals surface area contributed by atoms with Crippen molar-refractivity contribution < 1.29 is 14.7 Å². The number of anilines is 1. The fourth-order valence-electron chi connectivity index (χ4n) is 3.69. The van der Waals surface area contributed by atoms with Crippen LogP contribution in [0.4, 0.5) is 5.69 Å². The largest absolute Gasteiger partial charge is 0.378 e. The number of amides is 2. The van der Waals surface area contributed by atoms with Crippen LogP contribution in [0.2, 0.25) is 0 Å². The molecule has 2 aliphatic heterocycles. The lowest BCUT2D eigenvalue weighted by Crippen LogP contribution is -2.49. The minimum Gasteiger partial charge on any atom is -0.378 e. The van der Waals surface area contributed by atoms with E-state index in [-0.39, 0.29) is 5.17 Å². The third kappa shape index (κ3) is 2.65. The molecule has 3 N–H and O–H groups in total. The molecule has 2 aromatic carbocycles. The third-order valence-electron chi connectivity index (χ3n) is 5.07. The Morgan fingerprint density at radius 1 is 1.22 bits per heavy atom. The zero-order chi connectivity index (χ0) is 19.3. The molecule has 2 unspecified atom stereocenters. The fraction of sp³-hybridized carbons (Fsp3) is 0.250. The maximum Gasteiger partial charge on any atom is 0.265 e. The van der Waals surface area contributed by atoms with Gasteiger partial charge in [0, 0.05) is 5.56 Å². The average molecular weight is 381 g/mol. The highest BCUT2D eigenvalue weighted by Crippen LogP contribution is 2.47. The highest BCUT2D eigenvalue weighted by Gasteiger charge is 2.59. The number of rotatable bonds is 3. The molecule has 7 heteroatoms. The molecule has 0 fully saturated rings. The number of fused-ring (bicyclic) bond motifs is 1. The first-order valence-corrected chi connectivity index (χ1v) is 9.45. The van der Waals surface area contributed by atoms with E-state index >= 15 is 0 Å². The first-order chi connectivity index (χ1) is 12.8. The molecular weight excluding hydrogens is 362 g/mol. The Bertz CT molecular complexity index is 1000. The summed E-state index contributed by atoms with van der Waals surface area (Å²) in [5, 5.41) is 10.4. The average Bonchev–Trinajstić information content (AvgIpc) is 3.08. The van der Waals surface area contributed by atoms with Crippen molar-refractivity contribution in [3.8, 4) is 0 Å². The van der Waals surface area contributed by atoms with Gasteiger partial charge >= 0.3 is 0 Å². The Kier molecular flexibility index (Phi) is 4.09. The number of carbonyl (C=O) groups excluding carboxylic acids is 2. The minimum atomic E-state index is -1.98. The van der Waals surface area contributed by atoms with Crippen molar-refractivity contribution in [2.45, 2.75) is 31.2 Å². The molecule has 2 aliphatic rings. The molecule has 27 heavy (non-hydrogen) atoms. The van der Waals surface area contributed by atoms with Crippen LogP contribution in [-0.2, 0) is 21.7 Å². The Balaban J connectivity index is 1.77. The number of aryl methyl sites for hydroxylation is 2. The number of carbonyl (C=O) groups is 2. The van der Waals surface area contributed by atoms with Crippen molar-refractivity contribution in [2.24, 2.45) is 10.7 Å². The molecule has 0 saturated carbocycles. The van der Waals surface area contributed by atoms with Crippen LogP contribution in [0.5, 0.6) is 0 Å². The standard InChI is InChI=1S/C20H19N3O3S/c1-11-7-8-13(12(2)9-11)10-23-15-6-4-3-5-14(15)20(26,18(23)25)16-17(24)22-19(21)27-16/h3-9,16,26H,10H2,1-2H3,(H2,21,22,24). The number of nitrogens with two attached hydrogens (primary N) is 1. The SMILES string of the molecule is Cc1ccc(CN2C(=O)C(O)(C3SC(N)=NC3=O)c3ccccc32)c(C)c1. The lowest BCUT2D eigenvalue weighted by atomic mass is 9.91. The van der Waals surface area contributed by atoms with Gasteiger partial charge in [-0.1, -0.05) is 53.7 Å². The molecule has 2 atom stereocenters. The number of thioether (sulfide) groups is 1. The zero-order valence-electron chi connectivity index (χ0n) is 15.0. The van der Waals surface area contributed by atoms with E-state index in [0.717, 1.165) is 28.5 Å². The van der Waals surface area contributed by atoms with E-state index < -0.39 is 22.7 Å². The van der Waals surface area contributed by atoms with E-state index in [2.05, 4.69) is 11.1 Å². The lowest BCUT2D eigenvalue weighted by Gasteiger charge is -2.27. The van der Waals surface area contributed by atoms with Crippen LogP contribution < -0.4 is 10.6 Å². The van der Waals surface area contributed by atoms with Gasteiger partial charge in [-0.25, -0.2) is 0 Å². The minimum absolute atomic E-state index is 0.0662. The third-order valence-corrected chi connectivity index (χ3v) is 6.18. The van der Waals surface area contributed by atoms with Crippen LogP contribution in [-0.4, -0.2) is 27.3 Å². The molecular formula is C20H19N3O3S. The van der Waals surface area contributed by atoms with E-state index in [1.807, 2.05) is 26.0 Å². The molecule has 4 rings (SSSR count). The summed E-state index contributed by atoms with van der Waals surface area (Å²) in [7, 11) is 0. The maximum atomic E-state index is 13.3. The molecule has 0 aromatic heterocycles. The van der Waals surface area contributed by atoms with E-state index in [9.17, 15) is 14.7 Å². The molecule has 2 amide bonds. The molecule has 0 aliphatic carbocycles. The second-order valence-electron chi connectivity index (χ2n) is 6.89. The predicted molar refractivity (Wildman–Crippen MR) is 105 cm³/mol. The van der Waals surface area contributed by atoms with Gasteiger partial charge < -0.3 is 15.7 Å². The number of para-hydroxylation sites is 1. The normalized spacial score (nSPS) is 24.3.